The molecule has 32 heavy (non-hydrogen) atoms. The largest absolute Gasteiger partial charge is 0.453 e. The molecule has 0 aromatic carbocycles. The Kier molecular flexibility index (Phi) is 6.52. The van der Waals surface area contributed by atoms with Gasteiger partial charge in [-0.05, 0) is 113 Å². The van der Waals surface area contributed by atoms with Crippen LogP contribution in [0.1, 0.15) is 91.1 Å². The molecule has 3 fully saturated rings. The van der Waals surface area contributed by atoms with Crippen LogP contribution in [0, 0.1) is 53.3 Å². The highest BCUT2D eigenvalue weighted by Gasteiger charge is 2.53. The molecular weight excluding hydrogens is 392 g/mol. The fourth-order valence-corrected chi connectivity index (χ4v) is 7.21. The molecule has 0 radical (unpaired) electrons. The van der Waals surface area contributed by atoms with E-state index in [0.717, 1.165) is 24.4 Å². The minimum absolute atomic E-state index is 0.0392. The van der Waals surface area contributed by atoms with Crippen molar-refractivity contribution < 1.29 is 9.52 Å². The second-order valence-corrected chi connectivity index (χ2v) is 11.8. The van der Waals surface area contributed by atoms with Crippen LogP contribution >= 0.6 is 0 Å². The lowest BCUT2D eigenvalue weighted by molar-refractivity contribution is 0.0763. The molecule has 4 unspecified atom stereocenters. The standard InChI is InChI=1S/C30H42O2/c1-20-18-25(31)19-24(22(20)3)11-10-23-8-7-16-30(6)27(23)13-14-28(30)29(4,5)17-15-26-12-9-21(2)32-26/h9-12,20,22,25,27-28,31H,7-8,13-14,16,18-19H2,1-6H3/b23-10+,24-11-/t20-,22?,25?,27?,28?,30-/m0/s1. The second-order valence-electron chi connectivity index (χ2n) is 11.8. The number of fused-ring (bicyclic) bond motifs is 1. The first-order chi connectivity index (χ1) is 15.1. The zero-order chi connectivity index (χ0) is 23.1. The molecule has 0 spiro atoms. The summed E-state index contributed by atoms with van der Waals surface area (Å²) in [7, 11) is 0. The summed E-state index contributed by atoms with van der Waals surface area (Å²) < 4.78 is 5.70. The third kappa shape index (κ3) is 4.51. The maximum absolute atomic E-state index is 10.3. The van der Waals surface area contributed by atoms with E-state index in [1.807, 2.05) is 19.1 Å². The first-order valence-corrected chi connectivity index (χ1v) is 12.8. The van der Waals surface area contributed by atoms with Gasteiger partial charge in [0, 0.05) is 5.41 Å². The molecular formula is C30H42O2. The van der Waals surface area contributed by atoms with Crippen molar-refractivity contribution in [3.05, 3.63) is 47.0 Å². The Morgan fingerprint density at radius 1 is 1.16 bits per heavy atom. The van der Waals surface area contributed by atoms with E-state index >= 15 is 0 Å². The molecule has 0 amide bonds. The van der Waals surface area contributed by atoms with Gasteiger partial charge in [-0.2, -0.15) is 0 Å². The molecule has 2 nitrogen and oxygen atoms in total. The van der Waals surface area contributed by atoms with E-state index in [-0.39, 0.29) is 11.5 Å². The highest BCUT2D eigenvalue weighted by molar-refractivity contribution is 5.31. The third-order valence-electron chi connectivity index (χ3n) is 9.15. The number of aliphatic hydroxyl groups excluding tert-OH is 1. The molecule has 6 atom stereocenters. The summed E-state index contributed by atoms with van der Waals surface area (Å²) in [6.07, 6.45) is 12.8. The van der Waals surface area contributed by atoms with Crippen LogP contribution in [0.25, 0.3) is 0 Å². The maximum Gasteiger partial charge on any atom is 0.177 e. The lowest BCUT2D eigenvalue weighted by Crippen LogP contribution is -2.39. The van der Waals surface area contributed by atoms with Crippen molar-refractivity contribution in [3.8, 4) is 11.8 Å². The van der Waals surface area contributed by atoms with Gasteiger partial charge in [0.1, 0.15) is 5.76 Å². The summed E-state index contributed by atoms with van der Waals surface area (Å²) in [5.74, 6) is 11.0. The molecule has 1 aromatic heterocycles. The van der Waals surface area contributed by atoms with Crippen LogP contribution in [-0.2, 0) is 0 Å². The van der Waals surface area contributed by atoms with Crippen molar-refractivity contribution in [2.75, 3.05) is 0 Å². The molecule has 1 N–H and O–H groups in total. The van der Waals surface area contributed by atoms with Gasteiger partial charge in [0.2, 0.25) is 0 Å². The Hall–Kier alpha value is -1.72. The maximum atomic E-state index is 10.3. The van der Waals surface area contributed by atoms with Crippen molar-refractivity contribution in [1.82, 2.24) is 0 Å². The molecule has 0 bridgehead atoms. The van der Waals surface area contributed by atoms with E-state index in [9.17, 15) is 5.11 Å². The van der Waals surface area contributed by atoms with E-state index in [4.69, 9.17) is 4.42 Å². The first kappa shape index (κ1) is 23.4. The Morgan fingerprint density at radius 3 is 2.62 bits per heavy atom. The van der Waals surface area contributed by atoms with Crippen LogP contribution in [0.3, 0.4) is 0 Å². The van der Waals surface area contributed by atoms with Gasteiger partial charge in [0.05, 0.1) is 6.10 Å². The molecule has 1 heterocycles. The highest BCUT2D eigenvalue weighted by Crippen LogP contribution is 2.61. The van der Waals surface area contributed by atoms with E-state index in [0.29, 0.717) is 29.1 Å². The van der Waals surface area contributed by atoms with E-state index in [1.165, 1.54) is 37.7 Å². The summed E-state index contributed by atoms with van der Waals surface area (Å²) in [6, 6.07) is 3.97. The number of rotatable bonds is 2. The Balaban J connectivity index is 1.56. The summed E-state index contributed by atoms with van der Waals surface area (Å²) in [6.45, 7) is 13.8. The lowest BCUT2D eigenvalue weighted by atomic mass is 9.58. The van der Waals surface area contributed by atoms with Gasteiger partial charge in [-0.1, -0.05) is 50.0 Å². The molecule has 3 saturated carbocycles. The number of hydrogen-bond acceptors (Lipinski definition) is 2. The number of hydrogen-bond donors (Lipinski definition) is 1. The van der Waals surface area contributed by atoms with Gasteiger partial charge in [-0.15, -0.1) is 0 Å². The molecule has 4 rings (SSSR count). The molecule has 0 saturated heterocycles. The second kappa shape index (κ2) is 8.90. The third-order valence-corrected chi connectivity index (χ3v) is 9.15. The van der Waals surface area contributed by atoms with Crippen molar-refractivity contribution >= 4 is 0 Å². The van der Waals surface area contributed by atoms with Crippen LogP contribution in [0.2, 0.25) is 0 Å². The van der Waals surface area contributed by atoms with Crippen molar-refractivity contribution in [3.63, 3.8) is 0 Å². The lowest BCUT2D eigenvalue weighted by Gasteiger charge is -2.46. The van der Waals surface area contributed by atoms with Gasteiger partial charge in [0.25, 0.3) is 0 Å². The monoisotopic (exact) mass is 434 g/mol. The molecule has 3 aliphatic rings. The van der Waals surface area contributed by atoms with Crippen molar-refractivity contribution in [2.45, 2.75) is 92.6 Å². The molecule has 0 aliphatic heterocycles. The summed E-state index contributed by atoms with van der Waals surface area (Å²) in [5.41, 5.74) is 3.34. The fourth-order valence-electron chi connectivity index (χ4n) is 7.21. The minimum atomic E-state index is -0.171. The fraction of sp³-hybridized carbons (Fsp3) is 0.667. The number of aryl methyl sites for hydroxylation is 1. The Labute approximate surface area is 195 Å². The average Bonchev–Trinajstić information content (AvgIpc) is 3.31. The van der Waals surface area contributed by atoms with Gasteiger partial charge in [-0.25, -0.2) is 0 Å². The number of furan rings is 1. The van der Waals surface area contributed by atoms with E-state index < -0.39 is 0 Å². The van der Waals surface area contributed by atoms with E-state index in [2.05, 4.69) is 58.6 Å². The summed E-state index contributed by atoms with van der Waals surface area (Å²) in [5, 5.41) is 10.3. The topological polar surface area (TPSA) is 33.4 Å². The van der Waals surface area contributed by atoms with Gasteiger partial charge < -0.3 is 9.52 Å². The normalized spacial score (nSPS) is 37.9. The average molecular weight is 435 g/mol. The van der Waals surface area contributed by atoms with Gasteiger partial charge in [0.15, 0.2) is 5.76 Å². The predicted molar refractivity (Wildman–Crippen MR) is 132 cm³/mol. The van der Waals surface area contributed by atoms with Crippen LogP contribution in [0.4, 0.5) is 0 Å². The van der Waals surface area contributed by atoms with Crippen LogP contribution in [0.5, 0.6) is 0 Å². The molecule has 2 heteroatoms. The SMILES string of the molecule is Cc1ccc(C#CC(C)(C)C2CCC3/C(=C/C=C4/CC(O)C[C@H](C)C4C)CCC[C@@]32C)o1. The molecule has 1 aromatic rings. The van der Waals surface area contributed by atoms with Crippen LogP contribution in [-0.4, -0.2) is 11.2 Å². The summed E-state index contributed by atoms with van der Waals surface area (Å²) in [4.78, 5) is 0. The summed E-state index contributed by atoms with van der Waals surface area (Å²) >= 11 is 0. The zero-order valence-electron chi connectivity index (χ0n) is 21.0. The van der Waals surface area contributed by atoms with Gasteiger partial charge >= 0.3 is 0 Å². The van der Waals surface area contributed by atoms with Crippen molar-refractivity contribution in [1.29, 1.82) is 0 Å². The minimum Gasteiger partial charge on any atom is -0.453 e. The molecule has 174 valence electrons. The predicted octanol–water partition coefficient (Wildman–Crippen LogP) is 7.46. The Bertz CT molecular complexity index is 949. The smallest absolute Gasteiger partial charge is 0.177 e. The highest BCUT2D eigenvalue weighted by atomic mass is 16.3. The van der Waals surface area contributed by atoms with Crippen LogP contribution < -0.4 is 0 Å². The van der Waals surface area contributed by atoms with Crippen LogP contribution in [0.15, 0.2) is 39.8 Å². The zero-order valence-corrected chi connectivity index (χ0v) is 21.0. The molecule has 3 aliphatic carbocycles. The number of allylic oxidation sites excluding steroid dienone is 3. The number of aliphatic hydroxyl groups is 1. The quantitative estimate of drug-likeness (QED) is 0.490. The first-order valence-electron chi connectivity index (χ1n) is 12.8. The van der Waals surface area contributed by atoms with Crippen molar-refractivity contribution in [2.24, 2.45) is 34.5 Å². The van der Waals surface area contributed by atoms with Gasteiger partial charge in [-0.3, -0.25) is 0 Å². The van der Waals surface area contributed by atoms with E-state index in [1.54, 1.807) is 5.57 Å². The Morgan fingerprint density at radius 2 is 1.91 bits per heavy atom.